The van der Waals surface area contributed by atoms with Crippen molar-refractivity contribution in [2.45, 2.75) is 102 Å². The lowest BCUT2D eigenvalue weighted by molar-refractivity contribution is 0.0840. The summed E-state index contributed by atoms with van der Waals surface area (Å²) in [5.74, 6) is -0.148. The molecule has 6 atom stereocenters. The molecule has 14 nitrogen and oxygen atoms in total. The Morgan fingerprint density at radius 1 is 0.772 bits per heavy atom. The molecule has 0 aromatic heterocycles. The van der Waals surface area contributed by atoms with E-state index in [1.165, 1.54) is 12.1 Å². The van der Waals surface area contributed by atoms with Crippen LogP contribution in [0, 0.1) is 0 Å². The van der Waals surface area contributed by atoms with E-state index in [1.54, 1.807) is 36.3 Å². The maximum atomic E-state index is 11.4. The molecule has 3 N–H and O–H groups in total. The van der Waals surface area contributed by atoms with Crippen molar-refractivity contribution in [2.24, 2.45) is 15.3 Å². The number of benzene rings is 3. The van der Waals surface area contributed by atoms with Crippen molar-refractivity contribution in [3.63, 3.8) is 0 Å². The molecule has 0 aliphatic carbocycles. The molecule has 3 aromatic rings. The van der Waals surface area contributed by atoms with Gasteiger partial charge in [0.05, 0.1) is 26.1 Å². The van der Waals surface area contributed by atoms with Gasteiger partial charge in [0.15, 0.2) is 11.6 Å². The van der Waals surface area contributed by atoms with E-state index in [9.17, 15) is 19.5 Å². The zero-order valence-corrected chi connectivity index (χ0v) is 38.3. The normalized spacial score (nSPS) is 16.7. The minimum atomic E-state index is -4.69. The molecule has 0 heterocycles. The molecule has 0 amide bonds. The quantitative estimate of drug-likeness (QED) is 0.0206. The first kappa shape index (κ1) is 48.1. The fourth-order valence-corrected chi connectivity index (χ4v) is 10.4. The van der Waals surface area contributed by atoms with Crippen LogP contribution in [0.2, 0.25) is 0 Å². The molecular formula is C38H56N7O7P3S2. The minimum absolute atomic E-state index is 0.0928. The highest BCUT2D eigenvalue weighted by Gasteiger charge is 2.34. The van der Waals surface area contributed by atoms with E-state index < -0.39 is 43.5 Å². The second-order valence-corrected chi connectivity index (χ2v) is 22.8. The summed E-state index contributed by atoms with van der Waals surface area (Å²) >= 11 is 12.0. The van der Waals surface area contributed by atoms with Crippen molar-refractivity contribution in [1.82, 2.24) is 9.56 Å². The number of rotatable bonds is 23. The minimum Gasteiger partial charge on any atom is -0.481 e. The average Bonchev–Trinajstić information content (AvgIpc) is 3.18. The van der Waals surface area contributed by atoms with E-state index in [0.29, 0.717) is 30.1 Å². The van der Waals surface area contributed by atoms with E-state index in [-0.39, 0.29) is 5.56 Å². The Labute approximate surface area is 348 Å². The van der Waals surface area contributed by atoms with Crippen LogP contribution >= 0.6 is 21.3 Å². The lowest BCUT2D eigenvalue weighted by atomic mass is 10.1. The molecule has 0 spiro atoms. The second-order valence-electron chi connectivity index (χ2n) is 14.2. The molecule has 19 heteroatoms. The van der Waals surface area contributed by atoms with Crippen LogP contribution < -0.4 is 14.2 Å². The van der Waals surface area contributed by atoms with Gasteiger partial charge in [-0.15, -0.1) is 0 Å². The highest BCUT2D eigenvalue weighted by Crippen LogP contribution is 2.51. The van der Waals surface area contributed by atoms with Crippen molar-refractivity contribution in [1.29, 1.82) is 0 Å². The van der Waals surface area contributed by atoms with Gasteiger partial charge in [-0.1, -0.05) is 69.4 Å². The van der Waals surface area contributed by atoms with Crippen LogP contribution in [0.5, 0.6) is 17.2 Å². The Hall–Kier alpha value is -3.28. The van der Waals surface area contributed by atoms with Crippen LogP contribution in [0.3, 0.4) is 0 Å². The predicted octanol–water partition coefficient (Wildman–Crippen LogP) is 9.96. The summed E-state index contributed by atoms with van der Waals surface area (Å²) in [5.41, 5.74) is 9.88. The topological polar surface area (TPSA) is 185 Å². The summed E-state index contributed by atoms with van der Waals surface area (Å²) < 4.78 is 33.9. The number of hydrogen-bond acceptors (Lipinski definition) is 10. The first-order valence-corrected chi connectivity index (χ1v) is 25.5. The Bertz CT molecular complexity index is 1970. The standard InChI is InChI=1S/C38H56N7O7P3S2/c1-9-12-26-36(4,42-43-39)50-32-19-13-29(14-20-32)28-41-45(8)54(57)38(6,25-10-2)52-33-21-15-30(16-22-33)27-40-44(7)53(56)37(5,11-3)51-34-23-17-31(18-24-34)35(46)55(47,48)49/h13-24,27-28,35,46,53-54H,9-12,25-26H2,1-8H3,(H2,47,48,49)/b40-27+,41-28+. The van der Waals surface area contributed by atoms with Gasteiger partial charge >= 0.3 is 7.60 Å². The van der Waals surface area contributed by atoms with E-state index >= 15 is 0 Å². The fraction of sp³-hybridized carbons (Fsp3) is 0.474. The number of nitrogens with zero attached hydrogens (tertiary/aromatic N) is 7. The summed E-state index contributed by atoms with van der Waals surface area (Å²) in [4.78, 5) is 21.6. The Balaban J connectivity index is 1.64. The van der Waals surface area contributed by atoms with Crippen LogP contribution in [0.1, 0.15) is 103 Å². The number of azide groups is 1. The average molecular weight is 880 g/mol. The van der Waals surface area contributed by atoms with Gasteiger partial charge in [0.1, 0.15) is 27.9 Å². The SMILES string of the molecule is CCCCC(C)(N=[N+]=[N-])Oc1ccc(/C=N/N(C)[PH](=S)C(C)(CCC)Oc2ccc(/C=N/N(C)[PH](=S)C(C)(CC)Oc3ccc(C(O)P(=O)(O)O)cc3)cc2)cc1. The zero-order valence-electron chi connectivity index (χ0n) is 33.8. The van der Waals surface area contributed by atoms with E-state index in [2.05, 4.69) is 34.1 Å². The van der Waals surface area contributed by atoms with Gasteiger partial charge in [0.2, 0.25) is 0 Å². The van der Waals surface area contributed by atoms with Crippen LogP contribution in [-0.2, 0) is 28.2 Å². The van der Waals surface area contributed by atoms with Gasteiger partial charge in [-0.2, -0.15) is 10.2 Å². The number of aliphatic hydroxyl groups excluding tert-OH is 1. The lowest BCUT2D eigenvalue weighted by Crippen LogP contribution is -2.31. The Morgan fingerprint density at radius 3 is 1.63 bits per heavy atom. The molecule has 3 rings (SSSR count). The molecule has 6 unspecified atom stereocenters. The van der Waals surface area contributed by atoms with Gasteiger partial charge in [0.25, 0.3) is 0 Å². The van der Waals surface area contributed by atoms with Crippen molar-refractivity contribution in [2.75, 3.05) is 14.1 Å². The predicted molar refractivity (Wildman–Crippen MR) is 239 cm³/mol. The number of hydrogen-bond donors (Lipinski definition) is 3. The second kappa shape index (κ2) is 21.6. The third-order valence-corrected chi connectivity index (χ3v) is 18.3. The number of aliphatic hydroxyl groups is 1. The molecule has 0 fully saturated rings. The first-order valence-electron chi connectivity index (χ1n) is 18.6. The summed E-state index contributed by atoms with van der Waals surface area (Å²) in [6.45, 7) is 8.35. The molecule has 0 radical (unpaired) electrons. The van der Waals surface area contributed by atoms with Crippen molar-refractivity contribution < 1.29 is 33.7 Å². The molecule has 0 bridgehead atoms. The van der Waals surface area contributed by atoms with Crippen LogP contribution in [0.25, 0.3) is 10.4 Å². The van der Waals surface area contributed by atoms with Gasteiger partial charge in [-0.3, -0.25) is 14.1 Å². The van der Waals surface area contributed by atoms with Crippen LogP contribution in [-0.4, -0.2) is 67.4 Å². The van der Waals surface area contributed by atoms with Gasteiger partial charge in [-0.25, -0.2) is 0 Å². The highest BCUT2D eigenvalue weighted by atomic mass is 32.4. The van der Waals surface area contributed by atoms with Crippen LogP contribution in [0.15, 0.2) is 88.1 Å². The monoisotopic (exact) mass is 879 g/mol. The highest BCUT2D eigenvalue weighted by molar-refractivity contribution is 8.04. The Kier molecular flexibility index (Phi) is 18.3. The molecule has 0 aliphatic heterocycles. The van der Waals surface area contributed by atoms with Crippen molar-refractivity contribution in [3.05, 3.63) is 99.9 Å². The summed E-state index contributed by atoms with van der Waals surface area (Å²) in [6, 6.07) is 21.0. The first-order chi connectivity index (χ1) is 26.8. The van der Waals surface area contributed by atoms with Crippen LogP contribution in [0.4, 0.5) is 0 Å². The zero-order chi connectivity index (χ0) is 42.4. The summed E-state index contributed by atoms with van der Waals surface area (Å²) in [7, 11) is -1.000. The van der Waals surface area contributed by atoms with E-state index in [1.807, 2.05) is 88.2 Å². The Morgan fingerprint density at radius 2 is 1.21 bits per heavy atom. The molecule has 0 aliphatic rings. The van der Waals surface area contributed by atoms with Crippen molar-refractivity contribution >= 4 is 57.3 Å². The molecule has 0 saturated carbocycles. The maximum Gasteiger partial charge on any atom is 0.358 e. The van der Waals surface area contributed by atoms with Gasteiger partial charge in [0, 0.05) is 19.0 Å². The molecule has 0 saturated heterocycles. The number of unbranched alkanes of at least 4 members (excludes halogenated alkanes) is 1. The third-order valence-electron chi connectivity index (χ3n) is 9.19. The lowest BCUT2D eigenvalue weighted by Gasteiger charge is -2.35. The smallest absolute Gasteiger partial charge is 0.358 e. The van der Waals surface area contributed by atoms with Gasteiger partial charge in [-0.05, 0) is 134 Å². The summed E-state index contributed by atoms with van der Waals surface area (Å²) in [6.07, 6.45) is 8.17. The van der Waals surface area contributed by atoms with Gasteiger partial charge < -0.3 is 29.1 Å². The molecule has 312 valence electrons. The number of ether oxygens (including phenoxy) is 3. The third kappa shape index (κ3) is 14.2. The number of hydrazone groups is 2. The molecule has 57 heavy (non-hydrogen) atoms. The molecular weight excluding hydrogens is 824 g/mol. The van der Waals surface area contributed by atoms with E-state index in [0.717, 1.165) is 36.8 Å². The fourth-order valence-electron chi connectivity index (χ4n) is 5.68. The summed E-state index contributed by atoms with van der Waals surface area (Å²) in [5, 5.41) is 21.7. The van der Waals surface area contributed by atoms with E-state index in [4.69, 9.17) is 43.4 Å². The maximum absolute atomic E-state index is 11.4. The van der Waals surface area contributed by atoms with Crippen molar-refractivity contribution in [3.8, 4) is 17.2 Å². The largest absolute Gasteiger partial charge is 0.481 e. The molecule has 3 aromatic carbocycles.